The highest BCUT2D eigenvalue weighted by Gasteiger charge is 2.16. The van der Waals surface area contributed by atoms with Gasteiger partial charge in [-0.15, -0.1) is 36.2 Å². The van der Waals surface area contributed by atoms with Gasteiger partial charge in [0.2, 0.25) is 5.91 Å². The molecule has 0 saturated carbocycles. The Morgan fingerprint density at radius 1 is 1.38 bits per heavy atom. The normalized spacial score (nSPS) is 16.6. The molecule has 2 aromatic rings. The van der Waals surface area contributed by atoms with Crippen LogP contribution in [0.15, 0.2) is 29.6 Å². The molecule has 1 atom stereocenters. The van der Waals surface area contributed by atoms with Gasteiger partial charge in [-0.3, -0.25) is 4.79 Å². The van der Waals surface area contributed by atoms with Crippen molar-refractivity contribution in [2.24, 2.45) is 0 Å². The van der Waals surface area contributed by atoms with Crippen LogP contribution in [0.25, 0.3) is 10.6 Å². The van der Waals surface area contributed by atoms with Crippen molar-refractivity contribution in [2.75, 3.05) is 13.1 Å². The Bertz CT molecular complexity index is 660. The summed E-state index contributed by atoms with van der Waals surface area (Å²) in [6.45, 7) is 1.90. The van der Waals surface area contributed by atoms with Crippen LogP contribution in [-0.4, -0.2) is 30.0 Å². The molecule has 132 valence electrons. The van der Waals surface area contributed by atoms with Gasteiger partial charge in [0.25, 0.3) is 0 Å². The number of piperidine rings is 1. The van der Waals surface area contributed by atoms with Gasteiger partial charge in [0.15, 0.2) is 0 Å². The predicted octanol–water partition coefficient (Wildman–Crippen LogP) is 3.72. The van der Waals surface area contributed by atoms with Crippen molar-refractivity contribution in [1.82, 2.24) is 15.6 Å². The molecule has 24 heavy (non-hydrogen) atoms. The number of benzene rings is 1. The van der Waals surface area contributed by atoms with Crippen LogP contribution in [-0.2, 0) is 11.2 Å². The molecule has 1 aromatic carbocycles. The number of carbonyl (C=O) groups excluding carboxylic acids is 1. The van der Waals surface area contributed by atoms with Crippen molar-refractivity contribution in [2.45, 2.75) is 25.3 Å². The molecule has 4 nitrogen and oxygen atoms in total. The van der Waals surface area contributed by atoms with Crippen LogP contribution in [0.3, 0.4) is 0 Å². The van der Waals surface area contributed by atoms with Gasteiger partial charge in [-0.05, 0) is 25.5 Å². The van der Waals surface area contributed by atoms with Gasteiger partial charge in [0, 0.05) is 23.5 Å². The SMILES string of the molecule is Cl.Cl.O=C(Cc1csc(-c2ccccc2Cl)n1)N[C@H]1CCCNC1. The number of aromatic nitrogens is 1. The first-order valence-electron chi connectivity index (χ1n) is 7.42. The average molecular weight is 409 g/mol. The fourth-order valence-corrected chi connectivity index (χ4v) is 3.70. The van der Waals surface area contributed by atoms with E-state index in [2.05, 4.69) is 15.6 Å². The Morgan fingerprint density at radius 2 is 2.17 bits per heavy atom. The van der Waals surface area contributed by atoms with E-state index in [0.29, 0.717) is 11.4 Å². The third-order valence-electron chi connectivity index (χ3n) is 3.66. The first-order chi connectivity index (χ1) is 10.7. The number of hydrogen-bond acceptors (Lipinski definition) is 4. The van der Waals surface area contributed by atoms with Crippen LogP contribution in [0.5, 0.6) is 0 Å². The summed E-state index contributed by atoms with van der Waals surface area (Å²) in [5.41, 5.74) is 1.71. The summed E-state index contributed by atoms with van der Waals surface area (Å²) in [6, 6.07) is 7.86. The Labute approximate surface area is 163 Å². The van der Waals surface area contributed by atoms with Crippen LogP contribution >= 0.6 is 47.8 Å². The number of halogens is 3. The molecule has 1 aliphatic heterocycles. The van der Waals surface area contributed by atoms with Gasteiger partial charge >= 0.3 is 0 Å². The quantitative estimate of drug-likeness (QED) is 0.810. The van der Waals surface area contributed by atoms with E-state index < -0.39 is 0 Å². The molecule has 1 saturated heterocycles. The van der Waals surface area contributed by atoms with E-state index in [-0.39, 0.29) is 36.8 Å². The van der Waals surface area contributed by atoms with E-state index in [9.17, 15) is 4.79 Å². The maximum Gasteiger partial charge on any atom is 0.226 e. The summed E-state index contributed by atoms with van der Waals surface area (Å²) in [5, 5.41) is 9.82. The summed E-state index contributed by atoms with van der Waals surface area (Å²) in [6.07, 6.45) is 2.47. The second-order valence-corrected chi connectivity index (χ2v) is 6.68. The maximum absolute atomic E-state index is 12.1. The van der Waals surface area contributed by atoms with Crippen molar-refractivity contribution < 1.29 is 4.79 Å². The Kier molecular flexibility index (Phi) is 9.02. The minimum atomic E-state index is 0. The van der Waals surface area contributed by atoms with E-state index in [0.717, 1.165) is 42.2 Å². The molecular weight excluding hydrogens is 389 g/mol. The highest BCUT2D eigenvalue weighted by Crippen LogP contribution is 2.30. The molecule has 1 amide bonds. The van der Waals surface area contributed by atoms with Crippen LogP contribution < -0.4 is 10.6 Å². The highest BCUT2D eigenvalue weighted by atomic mass is 35.5. The molecule has 8 heteroatoms. The lowest BCUT2D eigenvalue weighted by molar-refractivity contribution is -0.121. The van der Waals surface area contributed by atoms with E-state index in [1.54, 1.807) is 0 Å². The number of rotatable bonds is 4. The fraction of sp³-hybridized carbons (Fsp3) is 0.375. The van der Waals surface area contributed by atoms with Gasteiger partial charge in [-0.2, -0.15) is 0 Å². The molecule has 2 heterocycles. The molecule has 0 bridgehead atoms. The third kappa shape index (κ3) is 5.60. The molecule has 0 radical (unpaired) electrons. The van der Waals surface area contributed by atoms with Crippen LogP contribution in [0.2, 0.25) is 5.02 Å². The molecule has 1 fully saturated rings. The average Bonchev–Trinajstić information content (AvgIpc) is 2.97. The number of carbonyl (C=O) groups is 1. The molecular formula is C16H20Cl3N3OS. The van der Waals surface area contributed by atoms with Crippen LogP contribution in [0, 0.1) is 0 Å². The van der Waals surface area contributed by atoms with Gasteiger partial charge in [-0.1, -0.05) is 29.8 Å². The second-order valence-electron chi connectivity index (χ2n) is 5.41. The van der Waals surface area contributed by atoms with Crippen molar-refractivity contribution in [1.29, 1.82) is 0 Å². The number of nitrogens with zero attached hydrogens (tertiary/aromatic N) is 1. The zero-order valence-corrected chi connectivity index (χ0v) is 16.2. The molecule has 2 N–H and O–H groups in total. The standard InChI is InChI=1S/C16H18ClN3OS.2ClH/c17-14-6-2-1-5-13(14)16-20-12(10-22-16)8-15(21)19-11-4-3-7-18-9-11;;/h1-2,5-6,10-11,18H,3-4,7-9H2,(H,19,21);2*1H/t11-;;/m0../s1. The monoisotopic (exact) mass is 407 g/mol. The van der Waals surface area contributed by atoms with Crippen LogP contribution in [0.4, 0.5) is 0 Å². The third-order valence-corrected chi connectivity index (χ3v) is 4.91. The molecule has 0 unspecified atom stereocenters. The minimum Gasteiger partial charge on any atom is -0.352 e. The molecule has 1 aromatic heterocycles. The zero-order chi connectivity index (χ0) is 15.4. The summed E-state index contributed by atoms with van der Waals surface area (Å²) < 4.78 is 0. The summed E-state index contributed by atoms with van der Waals surface area (Å²) in [4.78, 5) is 16.6. The van der Waals surface area contributed by atoms with Crippen molar-refractivity contribution in [3.63, 3.8) is 0 Å². The summed E-state index contributed by atoms with van der Waals surface area (Å²) in [5.74, 6) is 0.0321. The van der Waals surface area contributed by atoms with Crippen molar-refractivity contribution in [3.8, 4) is 10.6 Å². The Morgan fingerprint density at radius 3 is 2.88 bits per heavy atom. The van der Waals surface area contributed by atoms with Crippen molar-refractivity contribution in [3.05, 3.63) is 40.4 Å². The van der Waals surface area contributed by atoms with E-state index in [1.165, 1.54) is 11.3 Å². The molecule has 0 aliphatic carbocycles. The maximum atomic E-state index is 12.1. The topological polar surface area (TPSA) is 54.0 Å². The Balaban J connectivity index is 0.00000144. The summed E-state index contributed by atoms with van der Waals surface area (Å²) >= 11 is 7.70. The smallest absolute Gasteiger partial charge is 0.226 e. The minimum absolute atomic E-state index is 0. The fourth-order valence-electron chi connectivity index (χ4n) is 2.56. The summed E-state index contributed by atoms with van der Waals surface area (Å²) in [7, 11) is 0. The number of nitrogens with one attached hydrogen (secondary N) is 2. The van der Waals surface area contributed by atoms with E-state index in [1.807, 2.05) is 29.6 Å². The lowest BCUT2D eigenvalue weighted by atomic mass is 10.1. The predicted molar refractivity (Wildman–Crippen MR) is 105 cm³/mol. The molecule has 3 rings (SSSR count). The highest BCUT2D eigenvalue weighted by molar-refractivity contribution is 7.13. The van der Waals surface area contributed by atoms with Gasteiger partial charge in [0.05, 0.1) is 17.1 Å². The lowest BCUT2D eigenvalue weighted by Gasteiger charge is -2.23. The van der Waals surface area contributed by atoms with Gasteiger partial charge in [0.1, 0.15) is 5.01 Å². The van der Waals surface area contributed by atoms with Crippen LogP contribution in [0.1, 0.15) is 18.5 Å². The number of amides is 1. The molecule has 1 aliphatic rings. The van der Waals surface area contributed by atoms with E-state index >= 15 is 0 Å². The van der Waals surface area contributed by atoms with E-state index in [4.69, 9.17) is 11.6 Å². The number of thiazole rings is 1. The largest absolute Gasteiger partial charge is 0.352 e. The lowest BCUT2D eigenvalue weighted by Crippen LogP contribution is -2.46. The van der Waals surface area contributed by atoms with Gasteiger partial charge in [-0.25, -0.2) is 4.98 Å². The first-order valence-corrected chi connectivity index (χ1v) is 8.67. The van der Waals surface area contributed by atoms with Gasteiger partial charge < -0.3 is 10.6 Å². The number of hydrogen-bond donors (Lipinski definition) is 2. The Hall–Kier alpha value is -0.850. The van der Waals surface area contributed by atoms with Crippen molar-refractivity contribution >= 4 is 53.7 Å². The second kappa shape index (κ2) is 10.2. The molecule has 0 spiro atoms. The zero-order valence-electron chi connectivity index (χ0n) is 13.0. The first kappa shape index (κ1) is 21.2.